The van der Waals surface area contributed by atoms with Gasteiger partial charge in [0.1, 0.15) is 0 Å². The number of aliphatic imine (C=N–C) groups is 1. The molecule has 0 fully saturated rings. The van der Waals surface area contributed by atoms with Gasteiger partial charge in [0.25, 0.3) is 0 Å². The van der Waals surface area contributed by atoms with Gasteiger partial charge in [-0.25, -0.2) is 0 Å². The third-order valence-electron chi connectivity index (χ3n) is 5.21. The number of hydrogen-bond donors (Lipinski definition) is 0. The van der Waals surface area contributed by atoms with Gasteiger partial charge in [0.05, 0.1) is 14.2 Å². The Bertz CT molecular complexity index is 915. The highest BCUT2D eigenvalue weighted by Gasteiger charge is 2.22. The summed E-state index contributed by atoms with van der Waals surface area (Å²) in [6.45, 7) is 8.48. The summed E-state index contributed by atoms with van der Waals surface area (Å²) in [5.41, 5.74) is 7.27. The molecule has 3 nitrogen and oxygen atoms in total. The molecule has 142 valence electrons. The minimum Gasteiger partial charge on any atom is -0.493 e. The molecule has 1 atom stereocenters. The van der Waals surface area contributed by atoms with Crippen molar-refractivity contribution in [1.29, 1.82) is 0 Å². The Morgan fingerprint density at radius 2 is 1.89 bits per heavy atom. The van der Waals surface area contributed by atoms with E-state index in [9.17, 15) is 0 Å². The molecule has 1 unspecified atom stereocenters. The highest BCUT2D eigenvalue weighted by Crippen LogP contribution is 2.36. The monoisotopic (exact) mass is 363 g/mol. The first-order valence-electron chi connectivity index (χ1n) is 9.22. The predicted molar refractivity (Wildman–Crippen MR) is 114 cm³/mol. The Morgan fingerprint density at radius 3 is 2.59 bits per heavy atom. The summed E-state index contributed by atoms with van der Waals surface area (Å²) < 4.78 is 10.9. The zero-order chi connectivity index (χ0) is 19.4. The van der Waals surface area contributed by atoms with Crippen molar-refractivity contribution in [3.8, 4) is 11.5 Å². The van der Waals surface area contributed by atoms with E-state index < -0.39 is 0 Å². The molecule has 2 aromatic rings. The molecule has 3 rings (SSSR count). The average Bonchev–Trinajstić information content (AvgIpc) is 2.68. The van der Waals surface area contributed by atoms with Crippen LogP contribution in [-0.4, -0.2) is 20.4 Å². The summed E-state index contributed by atoms with van der Waals surface area (Å²) in [4.78, 5) is 4.72. The molecule has 0 aliphatic carbocycles. The maximum absolute atomic E-state index is 5.49. The lowest BCUT2D eigenvalue weighted by Crippen LogP contribution is -2.10. The number of ether oxygens (including phenoxy) is 2. The summed E-state index contributed by atoms with van der Waals surface area (Å²) in [5, 5.41) is 0. The van der Waals surface area contributed by atoms with Gasteiger partial charge in [-0.2, -0.15) is 0 Å². The van der Waals surface area contributed by atoms with Gasteiger partial charge in [-0.3, -0.25) is 4.99 Å². The van der Waals surface area contributed by atoms with Crippen LogP contribution < -0.4 is 9.47 Å². The molecule has 1 aliphatic rings. The zero-order valence-electron chi connectivity index (χ0n) is 16.6. The number of hydrogen-bond acceptors (Lipinski definition) is 3. The fraction of sp³-hybridized carbons (Fsp3) is 0.292. The summed E-state index contributed by atoms with van der Waals surface area (Å²) in [6, 6.07) is 12.6. The van der Waals surface area contributed by atoms with Gasteiger partial charge < -0.3 is 9.47 Å². The van der Waals surface area contributed by atoms with Crippen molar-refractivity contribution in [2.75, 3.05) is 14.2 Å². The number of rotatable bonds is 6. The normalized spacial score (nSPS) is 14.7. The van der Waals surface area contributed by atoms with E-state index >= 15 is 0 Å². The minimum absolute atomic E-state index is 0. The number of aryl methyl sites for hydroxylation is 1. The van der Waals surface area contributed by atoms with Crippen LogP contribution in [0, 0.1) is 13.8 Å². The summed E-state index contributed by atoms with van der Waals surface area (Å²) in [5.74, 6) is 1.66. The van der Waals surface area contributed by atoms with Gasteiger partial charge in [-0.15, -0.1) is 0 Å². The van der Waals surface area contributed by atoms with E-state index in [0.717, 1.165) is 35.6 Å². The topological polar surface area (TPSA) is 30.8 Å². The Kier molecular flexibility index (Phi) is 5.80. The largest absolute Gasteiger partial charge is 0.493 e. The molecule has 1 aliphatic heterocycles. The predicted octanol–water partition coefficient (Wildman–Crippen LogP) is 5.81. The van der Waals surface area contributed by atoms with E-state index in [-0.39, 0.29) is 7.34 Å². The van der Waals surface area contributed by atoms with E-state index in [1.807, 2.05) is 12.3 Å². The van der Waals surface area contributed by atoms with Crippen LogP contribution >= 0.6 is 0 Å². The van der Waals surface area contributed by atoms with Crippen molar-refractivity contribution in [2.24, 2.45) is 4.99 Å². The second kappa shape index (κ2) is 8.26. The average molecular weight is 364 g/mol. The maximum atomic E-state index is 5.49. The molecule has 0 N–H and O–H groups in total. The van der Waals surface area contributed by atoms with Crippen molar-refractivity contribution in [3.63, 3.8) is 0 Å². The van der Waals surface area contributed by atoms with Crippen molar-refractivity contribution in [1.82, 2.24) is 0 Å². The highest BCUT2D eigenvalue weighted by molar-refractivity contribution is 5.67. The molecule has 0 spiro atoms. The number of methoxy groups -OCH3 is 2. The van der Waals surface area contributed by atoms with Crippen LogP contribution in [0.5, 0.6) is 11.5 Å². The van der Waals surface area contributed by atoms with Gasteiger partial charge >= 0.3 is 0 Å². The fourth-order valence-corrected chi connectivity index (χ4v) is 3.53. The van der Waals surface area contributed by atoms with Crippen LogP contribution in [0.25, 0.3) is 0 Å². The first kappa shape index (κ1) is 19.0. The fourth-order valence-electron chi connectivity index (χ4n) is 3.53. The maximum Gasteiger partial charge on any atom is 0.160 e. The summed E-state index contributed by atoms with van der Waals surface area (Å²) in [6.07, 6.45) is 5.75. The Labute approximate surface area is 163 Å². The Balaban J connectivity index is 0.00000280. The Hall–Kier alpha value is -2.81. The van der Waals surface area contributed by atoms with Crippen molar-refractivity contribution >= 4 is 6.21 Å². The van der Waals surface area contributed by atoms with Gasteiger partial charge in [0.2, 0.25) is 0 Å². The quantitative estimate of drug-likeness (QED) is 0.648. The smallest absolute Gasteiger partial charge is 0.160 e. The van der Waals surface area contributed by atoms with Crippen molar-refractivity contribution in [3.05, 3.63) is 82.6 Å². The van der Waals surface area contributed by atoms with Gasteiger partial charge in [0, 0.05) is 25.7 Å². The van der Waals surface area contributed by atoms with E-state index in [2.05, 4.69) is 56.8 Å². The third kappa shape index (κ3) is 4.13. The molecule has 0 bridgehead atoms. The SMILES string of the molecule is C=C1C=C(C(Cc2ccc(OC)c(OC)c2)c2cccc(C)c2C)N=CC1.[HH]. The molecule has 0 saturated carbocycles. The van der Waals surface area contributed by atoms with E-state index in [1.165, 1.54) is 22.3 Å². The molecule has 0 amide bonds. The number of nitrogens with zero attached hydrogens (tertiary/aromatic N) is 1. The van der Waals surface area contributed by atoms with Crippen LogP contribution in [0.15, 0.2) is 65.3 Å². The first-order valence-corrected chi connectivity index (χ1v) is 9.22. The van der Waals surface area contributed by atoms with Crippen molar-refractivity contribution in [2.45, 2.75) is 32.6 Å². The van der Waals surface area contributed by atoms with E-state index in [0.29, 0.717) is 0 Å². The van der Waals surface area contributed by atoms with Crippen LogP contribution in [0.3, 0.4) is 0 Å². The van der Waals surface area contributed by atoms with Gasteiger partial charge in [-0.1, -0.05) is 30.8 Å². The lowest BCUT2D eigenvalue weighted by atomic mass is 9.84. The second-order valence-corrected chi connectivity index (χ2v) is 6.98. The molecular weight excluding hydrogens is 334 g/mol. The van der Waals surface area contributed by atoms with Crippen LogP contribution in [-0.2, 0) is 6.42 Å². The number of benzene rings is 2. The van der Waals surface area contributed by atoms with Crippen LogP contribution in [0.4, 0.5) is 0 Å². The molecule has 27 heavy (non-hydrogen) atoms. The Morgan fingerprint density at radius 1 is 1.11 bits per heavy atom. The van der Waals surface area contributed by atoms with Crippen molar-refractivity contribution < 1.29 is 10.9 Å². The standard InChI is InChI=1S/C24H27NO2.H2/c1-16-11-12-25-22(13-16)21(20-8-6-7-17(2)18(20)3)14-19-9-10-23(26-4)24(15-19)27-5;/h6-10,12-13,15,21H,1,11,14H2,2-5H3;1H. The molecule has 0 saturated heterocycles. The lowest BCUT2D eigenvalue weighted by Gasteiger charge is -2.23. The van der Waals surface area contributed by atoms with Gasteiger partial charge in [0.15, 0.2) is 11.5 Å². The van der Waals surface area contributed by atoms with Crippen LogP contribution in [0.1, 0.15) is 36.0 Å². The number of allylic oxidation sites excluding steroid dienone is 3. The minimum atomic E-state index is 0. The molecular formula is C24H29NO2. The van der Waals surface area contributed by atoms with Crippen LogP contribution in [0.2, 0.25) is 0 Å². The van der Waals surface area contributed by atoms with E-state index in [1.54, 1.807) is 14.2 Å². The molecule has 2 aromatic carbocycles. The van der Waals surface area contributed by atoms with E-state index in [4.69, 9.17) is 14.5 Å². The lowest BCUT2D eigenvalue weighted by molar-refractivity contribution is 0.354. The molecule has 1 heterocycles. The zero-order valence-corrected chi connectivity index (χ0v) is 16.6. The molecule has 0 radical (unpaired) electrons. The van der Waals surface area contributed by atoms with Gasteiger partial charge in [-0.05, 0) is 66.3 Å². The molecule has 0 aromatic heterocycles. The third-order valence-corrected chi connectivity index (χ3v) is 5.21. The molecule has 3 heteroatoms. The highest BCUT2D eigenvalue weighted by atomic mass is 16.5. The summed E-state index contributed by atoms with van der Waals surface area (Å²) in [7, 11) is 3.32. The summed E-state index contributed by atoms with van der Waals surface area (Å²) >= 11 is 0. The first-order chi connectivity index (χ1) is 13.0. The second-order valence-electron chi connectivity index (χ2n) is 6.98.